The van der Waals surface area contributed by atoms with E-state index in [1.54, 1.807) is 4.90 Å². The Labute approximate surface area is 107 Å². The van der Waals surface area contributed by atoms with Crippen LogP contribution in [-0.4, -0.2) is 60.4 Å². The summed E-state index contributed by atoms with van der Waals surface area (Å²) >= 11 is 0. The standard InChI is InChI=1S/C12H20N2O4/c1-9(16)10-4-3-6-14(10)12(17)8-13-11(18-2)5-7-15/h10,15H,3-8H2,1-2H3/t10-/m1/s1. The molecule has 102 valence electrons. The molecule has 1 amide bonds. The molecule has 0 aromatic carbocycles. The number of rotatable bonds is 5. The lowest BCUT2D eigenvalue weighted by molar-refractivity contribution is -0.135. The van der Waals surface area contributed by atoms with Crippen LogP contribution in [0.3, 0.4) is 0 Å². The fourth-order valence-electron chi connectivity index (χ4n) is 2.08. The van der Waals surface area contributed by atoms with E-state index in [-0.39, 0.29) is 30.9 Å². The van der Waals surface area contributed by atoms with Gasteiger partial charge in [-0.2, -0.15) is 0 Å². The predicted octanol–water partition coefficient (Wildman–Crippen LogP) is -0.00630. The van der Waals surface area contributed by atoms with Gasteiger partial charge in [0.2, 0.25) is 5.91 Å². The van der Waals surface area contributed by atoms with E-state index >= 15 is 0 Å². The summed E-state index contributed by atoms with van der Waals surface area (Å²) in [6, 6.07) is -0.295. The summed E-state index contributed by atoms with van der Waals surface area (Å²) in [4.78, 5) is 28.9. The number of carbonyl (C=O) groups is 2. The molecule has 0 spiro atoms. The van der Waals surface area contributed by atoms with Gasteiger partial charge in [-0.15, -0.1) is 0 Å². The Morgan fingerprint density at radius 3 is 2.78 bits per heavy atom. The highest BCUT2D eigenvalue weighted by molar-refractivity contribution is 5.89. The number of amides is 1. The summed E-state index contributed by atoms with van der Waals surface area (Å²) < 4.78 is 4.93. The van der Waals surface area contributed by atoms with Gasteiger partial charge in [0, 0.05) is 13.0 Å². The third kappa shape index (κ3) is 3.80. The number of likely N-dealkylation sites (tertiary alicyclic amines) is 1. The zero-order valence-electron chi connectivity index (χ0n) is 10.9. The second kappa shape index (κ2) is 7.10. The van der Waals surface area contributed by atoms with Crippen molar-refractivity contribution in [2.24, 2.45) is 4.99 Å². The first-order chi connectivity index (χ1) is 8.60. The van der Waals surface area contributed by atoms with Crippen LogP contribution in [0.2, 0.25) is 0 Å². The van der Waals surface area contributed by atoms with E-state index < -0.39 is 0 Å². The molecular formula is C12H20N2O4. The van der Waals surface area contributed by atoms with E-state index in [9.17, 15) is 9.59 Å². The van der Waals surface area contributed by atoms with Crippen molar-refractivity contribution >= 4 is 17.6 Å². The molecule has 0 aromatic rings. The summed E-state index contributed by atoms with van der Waals surface area (Å²) in [5, 5.41) is 8.76. The van der Waals surface area contributed by atoms with Crippen molar-refractivity contribution in [3.8, 4) is 0 Å². The Bertz CT molecular complexity index is 341. The van der Waals surface area contributed by atoms with Gasteiger partial charge in [0.15, 0.2) is 11.7 Å². The number of aliphatic hydroxyl groups is 1. The van der Waals surface area contributed by atoms with Crippen LogP contribution in [0, 0.1) is 0 Å². The molecule has 1 aliphatic rings. The fraction of sp³-hybridized carbons (Fsp3) is 0.750. The zero-order chi connectivity index (χ0) is 13.5. The molecule has 1 saturated heterocycles. The maximum atomic E-state index is 11.9. The number of ether oxygens (including phenoxy) is 1. The van der Waals surface area contributed by atoms with Crippen molar-refractivity contribution in [3.63, 3.8) is 0 Å². The van der Waals surface area contributed by atoms with Crippen LogP contribution >= 0.6 is 0 Å². The average Bonchev–Trinajstić information content (AvgIpc) is 2.83. The minimum atomic E-state index is -0.295. The number of Topliss-reactive ketones (excluding diaryl/α,β-unsaturated/α-hetero) is 1. The highest BCUT2D eigenvalue weighted by atomic mass is 16.5. The number of methoxy groups -OCH3 is 1. The molecule has 0 saturated carbocycles. The predicted molar refractivity (Wildman–Crippen MR) is 66.4 cm³/mol. The van der Waals surface area contributed by atoms with Crippen molar-refractivity contribution in [2.45, 2.75) is 32.2 Å². The van der Waals surface area contributed by atoms with Gasteiger partial charge in [-0.05, 0) is 19.8 Å². The van der Waals surface area contributed by atoms with Gasteiger partial charge in [0.1, 0.15) is 6.54 Å². The Morgan fingerprint density at radius 1 is 1.50 bits per heavy atom. The largest absolute Gasteiger partial charge is 0.484 e. The average molecular weight is 256 g/mol. The third-order valence-electron chi connectivity index (χ3n) is 2.99. The van der Waals surface area contributed by atoms with E-state index in [2.05, 4.69) is 4.99 Å². The summed E-state index contributed by atoms with van der Waals surface area (Å²) in [5.74, 6) is 0.205. The van der Waals surface area contributed by atoms with Gasteiger partial charge >= 0.3 is 0 Å². The molecule has 1 rings (SSSR count). The molecule has 1 N–H and O–H groups in total. The number of ketones is 1. The van der Waals surface area contributed by atoms with Crippen LogP contribution in [0.4, 0.5) is 0 Å². The first-order valence-electron chi connectivity index (χ1n) is 6.08. The molecule has 6 nitrogen and oxygen atoms in total. The highest BCUT2D eigenvalue weighted by Crippen LogP contribution is 2.18. The van der Waals surface area contributed by atoms with Gasteiger partial charge < -0.3 is 14.7 Å². The lowest BCUT2D eigenvalue weighted by Crippen LogP contribution is -2.40. The van der Waals surface area contributed by atoms with Gasteiger partial charge in [0.25, 0.3) is 0 Å². The molecule has 1 heterocycles. The normalized spacial score (nSPS) is 20.1. The summed E-state index contributed by atoms with van der Waals surface area (Å²) in [7, 11) is 1.45. The number of nitrogens with zero attached hydrogens (tertiary/aromatic N) is 2. The Balaban J connectivity index is 2.57. The number of carbonyl (C=O) groups excluding carboxylic acids is 2. The van der Waals surface area contributed by atoms with E-state index in [1.807, 2.05) is 0 Å². The van der Waals surface area contributed by atoms with Gasteiger partial charge in [-0.1, -0.05) is 0 Å². The van der Waals surface area contributed by atoms with Crippen LogP contribution in [0.1, 0.15) is 26.2 Å². The number of hydrogen-bond acceptors (Lipinski definition) is 5. The van der Waals surface area contributed by atoms with Crippen molar-refractivity contribution in [2.75, 3.05) is 26.8 Å². The second-order valence-corrected chi connectivity index (χ2v) is 4.24. The Kier molecular flexibility index (Phi) is 5.77. The molecular weight excluding hydrogens is 236 g/mol. The number of aliphatic imine (C=N–C) groups is 1. The SMILES string of the molecule is COC(CCO)=NCC(=O)N1CCC[C@@H]1C(C)=O. The van der Waals surface area contributed by atoms with E-state index in [0.29, 0.717) is 18.9 Å². The van der Waals surface area contributed by atoms with Crippen LogP contribution in [0.25, 0.3) is 0 Å². The van der Waals surface area contributed by atoms with Crippen molar-refractivity contribution in [1.82, 2.24) is 4.90 Å². The number of aliphatic hydroxyl groups excluding tert-OH is 1. The molecule has 0 radical (unpaired) electrons. The van der Waals surface area contributed by atoms with Crippen molar-refractivity contribution in [1.29, 1.82) is 0 Å². The monoisotopic (exact) mass is 256 g/mol. The van der Waals surface area contributed by atoms with Crippen molar-refractivity contribution in [3.05, 3.63) is 0 Å². The van der Waals surface area contributed by atoms with Gasteiger partial charge in [-0.25, -0.2) is 4.99 Å². The molecule has 0 aromatic heterocycles. The van der Waals surface area contributed by atoms with Gasteiger partial charge in [0.05, 0.1) is 19.8 Å². The van der Waals surface area contributed by atoms with E-state index in [4.69, 9.17) is 9.84 Å². The molecule has 0 bridgehead atoms. The third-order valence-corrected chi connectivity index (χ3v) is 2.99. The van der Waals surface area contributed by atoms with E-state index in [0.717, 1.165) is 12.8 Å². The molecule has 1 atom stereocenters. The topological polar surface area (TPSA) is 79.2 Å². The minimum absolute atomic E-state index is 0.0205. The summed E-state index contributed by atoms with van der Waals surface area (Å²) in [6.07, 6.45) is 1.88. The van der Waals surface area contributed by atoms with Crippen molar-refractivity contribution < 1.29 is 19.4 Å². The first-order valence-corrected chi connectivity index (χ1v) is 6.08. The first kappa shape index (κ1) is 14.6. The maximum absolute atomic E-state index is 11.9. The summed E-state index contributed by atoms with van der Waals surface area (Å²) in [6.45, 7) is 2.01. The van der Waals surface area contributed by atoms with Crippen LogP contribution in [0.5, 0.6) is 0 Å². The summed E-state index contributed by atoms with van der Waals surface area (Å²) in [5.41, 5.74) is 0. The van der Waals surface area contributed by atoms with Crippen LogP contribution in [-0.2, 0) is 14.3 Å². The Hall–Kier alpha value is -1.43. The second-order valence-electron chi connectivity index (χ2n) is 4.24. The molecule has 1 fully saturated rings. The quantitative estimate of drug-likeness (QED) is 0.554. The smallest absolute Gasteiger partial charge is 0.244 e. The van der Waals surface area contributed by atoms with Gasteiger partial charge in [-0.3, -0.25) is 9.59 Å². The van der Waals surface area contributed by atoms with Crippen LogP contribution in [0.15, 0.2) is 4.99 Å². The fourth-order valence-corrected chi connectivity index (χ4v) is 2.08. The zero-order valence-corrected chi connectivity index (χ0v) is 10.9. The Morgan fingerprint density at radius 2 is 2.22 bits per heavy atom. The minimum Gasteiger partial charge on any atom is -0.484 e. The molecule has 1 aliphatic heterocycles. The number of hydrogen-bond donors (Lipinski definition) is 1. The lowest BCUT2D eigenvalue weighted by Gasteiger charge is -2.21. The van der Waals surface area contributed by atoms with E-state index in [1.165, 1.54) is 14.0 Å². The highest BCUT2D eigenvalue weighted by Gasteiger charge is 2.31. The van der Waals surface area contributed by atoms with Crippen LogP contribution < -0.4 is 0 Å². The molecule has 0 unspecified atom stereocenters. The molecule has 0 aliphatic carbocycles. The molecule has 6 heteroatoms. The molecule has 18 heavy (non-hydrogen) atoms. The lowest BCUT2D eigenvalue weighted by atomic mass is 10.1. The maximum Gasteiger partial charge on any atom is 0.244 e.